The first kappa shape index (κ1) is 13.1. The predicted molar refractivity (Wildman–Crippen MR) is 55.1 cm³/mol. The van der Waals surface area contributed by atoms with Gasteiger partial charge in [0.1, 0.15) is 0 Å². The van der Waals surface area contributed by atoms with Gasteiger partial charge in [-0.1, -0.05) is 11.6 Å². The van der Waals surface area contributed by atoms with Gasteiger partial charge in [0.05, 0.1) is 34.8 Å². The summed E-state index contributed by atoms with van der Waals surface area (Å²) in [6, 6.07) is 0. The number of esters is 1. The van der Waals surface area contributed by atoms with Gasteiger partial charge in [0.15, 0.2) is 0 Å². The van der Waals surface area contributed by atoms with Crippen molar-refractivity contribution in [2.75, 3.05) is 7.11 Å². The Bertz CT molecular complexity index is 413. The van der Waals surface area contributed by atoms with Crippen molar-refractivity contribution < 1.29 is 18.3 Å². The summed E-state index contributed by atoms with van der Waals surface area (Å²) in [7, 11) is 1.12. The number of aromatic nitrogens is 1. The van der Waals surface area contributed by atoms with Crippen molar-refractivity contribution in [3.8, 4) is 0 Å². The van der Waals surface area contributed by atoms with E-state index in [4.69, 9.17) is 23.2 Å². The van der Waals surface area contributed by atoms with E-state index in [9.17, 15) is 13.6 Å². The molecule has 1 heterocycles. The molecule has 1 aromatic rings. The third kappa shape index (κ3) is 2.41. The lowest BCUT2D eigenvalue weighted by Gasteiger charge is -2.10. The first-order valence-electron chi connectivity index (χ1n) is 4.12. The highest BCUT2D eigenvalue weighted by Crippen LogP contribution is 2.32. The maximum Gasteiger partial charge on any atom is 0.340 e. The smallest absolute Gasteiger partial charge is 0.340 e. The molecule has 0 bridgehead atoms. The van der Waals surface area contributed by atoms with E-state index in [0.29, 0.717) is 0 Å². The molecule has 0 saturated carbocycles. The number of rotatable bonds is 3. The van der Waals surface area contributed by atoms with Gasteiger partial charge in [-0.05, 0) is 0 Å². The predicted octanol–water partition coefficient (Wildman–Crippen LogP) is 3.20. The van der Waals surface area contributed by atoms with Crippen LogP contribution in [0.25, 0.3) is 0 Å². The Morgan fingerprint density at radius 1 is 1.62 bits per heavy atom. The molecule has 0 N–H and O–H groups in total. The number of alkyl halides is 3. The Labute approximate surface area is 100 Å². The lowest BCUT2D eigenvalue weighted by Crippen LogP contribution is -2.07. The number of pyridine rings is 1. The minimum Gasteiger partial charge on any atom is -0.465 e. The van der Waals surface area contributed by atoms with E-state index in [0.717, 1.165) is 13.3 Å². The second kappa shape index (κ2) is 5.41. The van der Waals surface area contributed by atoms with E-state index in [2.05, 4.69) is 9.72 Å². The standard InChI is InChI=1S/C9H7Cl2F2NO2/c1-16-9(15)4-3-14-5(2-10)6(7(4)11)8(12)13/h3,8H,2H2,1H3. The molecular formula is C9H7Cl2F2NO2. The van der Waals surface area contributed by atoms with Crippen LogP contribution in [0.3, 0.4) is 0 Å². The molecule has 0 spiro atoms. The second-order valence-electron chi connectivity index (χ2n) is 2.77. The maximum absolute atomic E-state index is 12.7. The molecule has 1 aromatic heterocycles. The normalized spacial score (nSPS) is 10.6. The van der Waals surface area contributed by atoms with Crippen LogP contribution in [0.4, 0.5) is 8.78 Å². The minimum absolute atomic E-state index is 0.0469. The zero-order chi connectivity index (χ0) is 12.3. The van der Waals surface area contributed by atoms with Gasteiger partial charge in [0.25, 0.3) is 6.43 Å². The number of nitrogens with zero attached hydrogens (tertiary/aromatic N) is 1. The van der Waals surface area contributed by atoms with E-state index in [1.807, 2.05) is 0 Å². The topological polar surface area (TPSA) is 39.2 Å². The number of methoxy groups -OCH3 is 1. The van der Waals surface area contributed by atoms with Gasteiger partial charge >= 0.3 is 5.97 Å². The van der Waals surface area contributed by atoms with E-state index in [1.165, 1.54) is 0 Å². The van der Waals surface area contributed by atoms with Crippen LogP contribution in [0.2, 0.25) is 5.02 Å². The summed E-state index contributed by atoms with van der Waals surface area (Å²) in [6.45, 7) is 0. The fourth-order valence-electron chi connectivity index (χ4n) is 1.12. The summed E-state index contributed by atoms with van der Waals surface area (Å²) in [5.74, 6) is -1.03. The monoisotopic (exact) mass is 269 g/mol. The van der Waals surface area contributed by atoms with Crippen molar-refractivity contribution in [3.63, 3.8) is 0 Å². The van der Waals surface area contributed by atoms with Crippen LogP contribution >= 0.6 is 23.2 Å². The highest BCUT2D eigenvalue weighted by atomic mass is 35.5. The number of ether oxygens (including phenoxy) is 1. The number of hydrogen-bond acceptors (Lipinski definition) is 3. The van der Waals surface area contributed by atoms with E-state index in [-0.39, 0.29) is 22.2 Å². The molecule has 1 rings (SSSR count). The number of halogens is 4. The van der Waals surface area contributed by atoms with Crippen molar-refractivity contribution in [3.05, 3.63) is 28.0 Å². The molecule has 0 saturated heterocycles. The van der Waals surface area contributed by atoms with Gasteiger partial charge in [-0.25, -0.2) is 13.6 Å². The van der Waals surface area contributed by atoms with Crippen LogP contribution in [-0.4, -0.2) is 18.1 Å². The Hall–Kier alpha value is -0.940. The van der Waals surface area contributed by atoms with Gasteiger partial charge in [0, 0.05) is 6.20 Å². The lowest BCUT2D eigenvalue weighted by molar-refractivity contribution is 0.0600. The van der Waals surface area contributed by atoms with Crippen molar-refractivity contribution in [2.24, 2.45) is 0 Å². The van der Waals surface area contributed by atoms with Crippen LogP contribution in [0.15, 0.2) is 6.20 Å². The molecule has 0 aliphatic heterocycles. The zero-order valence-corrected chi connectivity index (χ0v) is 9.65. The van der Waals surface area contributed by atoms with Gasteiger partial charge in [-0.2, -0.15) is 0 Å². The van der Waals surface area contributed by atoms with Gasteiger partial charge < -0.3 is 4.74 Å². The van der Waals surface area contributed by atoms with Crippen molar-refractivity contribution in [1.29, 1.82) is 0 Å². The second-order valence-corrected chi connectivity index (χ2v) is 3.42. The largest absolute Gasteiger partial charge is 0.465 e. The Morgan fingerprint density at radius 2 is 2.25 bits per heavy atom. The summed E-state index contributed by atoms with van der Waals surface area (Å²) < 4.78 is 29.8. The molecule has 16 heavy (non-hydrogen) atoms. The van der Waals surface area contributed by atoms with Crippen LogP contribution in [0.5, 0.6) is 0 Å². The third-order valence-electron chi connectivity index (χ3n) is 1.88. The zero-order valence-electron chi connectivity index (χ0n) is 8.14. The summed E-state index contributed by atoms with van der Waals surface area (Å²) in [6.07, 6.45) is -1.78. The highest BCUT2D eigenvalue weighted by molar-refractivity contribution is 6.34. The summed E-state index contributed by atoms with van der Waals surface area (Å²) in [5.41, 5.74) is -0.776. The van der Waals surface area contributed by atoms with Gasteiger partial charge in [0.2, 0.25) is 0 Å². The van der Waals surface area contributed by atoms with E-state index >= 15 is 0 Å². The molecule has 0 aliphatic carbocycles. The Kier molecular flexibility index (Phi) is 4.44. The number of carbonyl (C=O) groups is 1. The highest BCUT2D eigenvalue weighted by Gasteiger charge is 2.23. The molecule has 7 heteroatoms. The first-order chi connectivity index (χ1) is 7.52. The van der Waals surface area contributed by atoms with Crippen LogP contribution in [-0.2, 0) is 10.6 Å². The van der Waals surface area contributed by atoms with Crippen LogP contribution in [0.1, 0.15) is 28.0 Å². The average Bonchev–Trinajstić information content (AvgIpc) is 2.26. The SMILES string of the molecule is COC(=O)c1cnc(CCl)c(C(F)F)c1Cl. The van der Waals surface area contributed by atoms with Crippen molar-refractivity contribution >= 4 is 29.2 Å². The van der Waals surface area contributed by atoms with Gasteiger partial charge in [-0.3, -0.25) is 4.98 Å². The Balaban J connectivity index is 3.37. The molecule has 0 aromatic carbocycles. The minimum atomic E-state index is -2.85. The molecule has 0 unspecified atom stereocenters. The fourth-order valence-corrected chi connectivity index (χ4v) is 1.65. The molecular weight excluding hydrogens is 263 g/mol. The number of carbonyl (C=O) groups excluding carboxylic acids is 1. The molecule has 0 fully saturated rings. The maximum atomic E-state index is 12.7. The lowest BCUT2D eigenvalue weighted by atomic mass is 10.1. The molecule has 88 valence electrons. The van der Waals surface area contributed by atoms with Crippen molar-refractivity contribution in [2.45, 2.75) is 12.3 Å². The van der Waals surface area contributed by atoms with Crippen LogP contribution in [0, 0.1) is 0 Å². The van der Waals surface area contributed by atoms with Gasteiger partial charge in [-0.15, -0.1) is 11.6 Å². The first-order valence-corrected chi connectivity index (χ1v) is 5.03. The summed E-state index contributed by atoms with van der Waals surface area (Å²) in [5, 5.41) is -0.368. The summed E-state index contributed by atoms with van der Waals surface area (Å²) >= 11 is 11.1. The average molecular weight is 270 g/mol. The third-order valence-corrected chi connectivity index (χ3v) is 2.54. The fraction of sp³-hybridized carbons (Fsp3) is 0.333. The van der Waals surface area contributed by atoms with Crippen LogP contribution < -0.4 is 0 Å². The Morgan fingerprint density at radius 3 is 2.69 bits per heavy atom. The molecule has 0 aliphatic rings. The molecule has 0 amide bonds. The van der Waals surface area contributed by atoms with E-state index in [1.54, 1.807) is 0 Å². The quantitative estimate of drug-likeness (QED) is 0.625. The van der Waals surface area contributed by atoms with Crippen molar-refractivity contribution in [1.82, 2.24) is 4.98 Å². The van der Waals surface area contributed by atoms with E-state index < -0.39 is 18.0 Å². The molecule has 0 atom stereocenters. The number of hydrogen-bond donors (Lipinski definition) is 0. The summed E-state index contributed by atoms with van der Waals surface area (Å²) in [4.78, 5) is 14.8. The molecule has 3 nitrogen and oxygen atoms in total. The molecule has 0 radical (unpaired) electrons.